The number of carbonyl (C=O) groups is 2. The van der Waals surface area contributed by atoms with E-state index in [1.807, 2.05) is 37.3 Å². The maximum absolute atomic E-state index is 13.5. The predicted octanol–water partition coefficient (Wildman–Crippen LogP) is 6.43. The van der Waals surface area contributed by atoms with Crippen LogP contribution in [0.3, 0.4) is 0 Å². The number of ether oxygens (including phenoxy) is 3. The van der Waals surface area contributed by atoms with Crippen molar-refractivity contribution in [2.24, 2.45) is 22.1 Å². The molecule has 3 aliphatic rings. The Bertz CT molecular complexity index is 1490. The van der Waals surface area contributed by atoms with Crippen LogP contribution in [0.2, 0.25) is 5.02 Å². The Hall–Kier alpha value is -2.88. The van der Waals surface area contributed by atoms with Crippen molar-refractivity contribution in [1.29, 1.82) is 0 Å². The van der Waals surface area contributed by atoms with Crippen LogP contribution in [-0.4, -0.2) is 53.8 Å². The molecular weight excluding hydrogens is 600 g/mol. The van der Waals surface area contributed by atoms with Crippen molar-refractivity contribution in [2.45, 2.75) is 76.9 Å². The quantitative estimate of drug-likeness (QED) is 0.229. The van der Waals surface area contributed by atoms with E-state index in [1.54, 1.807) is 20.1 Å². The molecule has 2 heterocycles. The molecule has 0 aromatic heterocycles. The highest BCUT2D eigenvalue weighted by atomic mass is 35.5. The van der Waals surface area contributed by atoms with E-state index in [0.717, 1.165) is 55.1 Å². The number of aryl methyl sites for hydroxylation is 1. The van der Waals surface area contributed by atoms with Crippen molar-refractivity contribution in [1.82, 2.24) is 0 Å². The number of halogens is 1. The minimum absolute atomic E-state index is 0.181. The molecule has 1 aliphatic carbocycles. The van der Waals surface area contributed by atoms with Crippen molar-refractivity contribution < 1.29 is 28.0 Å². The number of hydrogen-bond acceptors (Lipinski definition) is 7. The number of fused-ring (bicyclic) bond motifs is 3. The molecule has 8 nitrogen and oxygen atoms in total. The lowest BCUT2D eigenvalue weighted by Gasteiger charge is -2.43. The van der Waals surface area contributed by atoms with E-state index < -0.39 is 33.8 Å². The van der Waals surface area contributed by atoms with Crippen LogP contribution in [0, 0.1) is 17.8 Å². The van der Waals surface area contributed by atoms with Crippen molar-refractivity contribution >= 4 is 39.8 Å². The number of nitrogens with zero attached hydrogens (tertiary/aromatic N) is 2. The van der Waals surface area contributed by atoms with E-state index in [9.17, 15) is 13.8 Å². The second kappa shape index (κ2) is 14.5. The first kappa shape index (κ1) is 32.5. The van der Waals surface area contributed by atoms with Gasteiger partial charge < -0.3 is 19.1 Å². The van der Waals surface area contributed by atoms with Gasteiger partial charge in [-0.05, 0) is 98.4 Å². The van der Waals surface area contributed by atoms with Crippen molar-refractivity contribution in [3.63, 3.8) is 0 Å². The van der Waals surface area contributed by atoms with Crippen molar-refractivity contribution in [2.75, 3.05) is 25.2 Å². The molecule has 10 heteroatoms. The molecule has 1 amide bonds. The highest BCUT2D eigenvalue weighted by Crippen LogP contribution is 2.42. The van der Waals surface area contributed by atoms with Gasteiger partial charge in [-0.25, -0.2) is 0 Å². The van der Waals surface area contributed by atoms with Crippen LogP contribution in [0.25, 0.3) is 0 Å². The predicted molar refractivity (Wildman–Crippen MR) is 174 cm³/mol. The lowest BCUT2D eigenvalue weighted by molar-refractivity contribution is -0.146. The first-order valence-electron chi connectivity index (χ1n) is 15.5. The number of amides is 1. The molecule has 0 radical (unpaired) electrons. The number of methoxy groups -OCH3 is 1. The van der Waals surface area contributed by atoms with E-state index >= 15 is 0 Å². The van der Waals surface area contributed by atoms with Gasteiger partial charge in [0.1, 0.15) is 11.9 Å². The molecular formula is C34H43ClN2O6S. The van der Waals surface area contributed by atoms with Crippen molar-refractivity contribution in [3.8, 4) is 5.75 Å². The Kier molecular flexibility index (Phi) is 10.7. The van der Waals surface area contributed by atoms with Crippen LogP contribution in [0.5, 0.6) is 5.75 Å². The zero-order valence-corrected chi connectivity index (χ0v) is 27.6. The van der Waals surface area contributed by atoms with Gasteiger partial charge in [-0.1, -0.05) is 30.7 Å². The summed E-state index contributed by atoms with van der Waals surface area (Å²) in [5, 5.41) is 0.202. The zero-order valence-electron chi connectivity index (χ0n) is 25.9. The molecule has 2 aliphatic heterocycles. The maximum Gasteiger partial charge on any atom is 0.303 e. The van der Waals surface area contributed by atoms with Gasteiger partial charge in [0.15, 0.2) is 0 Å². The molecule has 1 saturated carbocycles. The summed E-state index contributed by atoms with van der Waals surface area (Å²) in [7, 11) is -0.587. The summed E-state index contributed by atoms with van der Waals surface area (Å²) >= 11 is 6.42. The number of benzene rings is 2. The van der Waals surface area contributed by atoms with Gasteiger partial charge >= 0.3 is 5.97 Å². The number of hydrogen-bond donors (Lipinski definition) is 1. The smallest absolute Gasteiger partial charge is 0.303 e. The molecule has 2 bridgehead atoms. The minimum atomic E-state index is -2.30. The van der Waals surface area contributed by atoms with Gasteiger partial charge in [-0.3, -0.25) is 13.8 Å². The SMILES string of the molecule is CO[C@H]1/C=C/[C@H](OC(C)=O)[C@H](C)[C@@H](C)/[SH](=O)=N\C(=O)c2ccc3c(c2)N(Cc2ccc(Cl)cc2CCCCO3)C[C@@H]2CC[C@H]21. The highest BCUT2D eigenvalue weighted by Gasteiger charge is 2.38. The van der Waals surface area contributed by atoms with Crippen LogP contribution in [0.4, 0.5) is 5.69 Å². The number of anilines is 1. The van der Waals surface area contributed by atoms with E-state index in [4.69, 9.17) is 25.8 Å². The number of rotatable bonds is 2. The normalized spacial score (nSPS) is 30.6. The third kappa shape index (κ3) is 7.49. The van der Waals surface area contributed by atoms with Gasteiger partial charge in [0.2, 0.25) is 0 Å². The average Bonchev–Trinajstić information content (AvgIpc) is 3.01. The van der Waals surface area contributed by atoms with Crippen LogP contribution in [0.1, 0.15) is 67.9 Å². The minimum Gasteiger partial charge on any atom is -0.491 e. The standard InChI is InChI=1S/C34H43ClN2O6S/c1-21-22(2)44(40)36-34(39)25-10-13-33-30(18-25)37(19-26-8-11-28(35)17-24(26)7-5-6-16-42-33)20-27-9-12-29(27)32(41-4)15-14-31(21)43-23(3)38/h8,10-11,13-15,17-18,21-22,27,29,31-32,44H,5-7,9,12,16,19-20H2,1-4H3/b15-14+/t21-,22-,27+,29-,31+,32+/m1/s1. The lowest BCUT2D eigenvalue weighted by Crippen LogP contribution is -2.43. The third-order valence-electron chi connectivity index (χ3n) is 9.41. The van der Waals surface area contributed by atoms with Crippen LogP contribution in [0.15, 0.2) is 52.9 Å². The fourth-order valence-electron chi connectivity index (χ4n) is 6.43. The van der Waals surface area contributed by atoms with Gasteiger partial charge in [0, 0.05) is 59.5 Å². The van der Waals surface area contributed by atoms with Crippen LogP contribution >= 0.6 is 11.6 Å². The lowest BCUT2D eigenvalue weighted by atomic mass is 9.70. The Morgan fingerprint density at radius 3 is 2.59 bits per heavy atom. The summed E-state index contributed by atoms with van der Waals surface area (Å²) < 4.78 is 35.5. The molecule has 7 atom stereocenters. The number of esters is 1. The Morgan fingerprint density at radius 2 is 1.86 bits per heavy atom. The van der Waals surface area contributed by atoms with E-state index in [1.165, 1.54) is 18.1 Å². The van der Waals surface area contributed by atoms with Gasteiger partial charge in [-0.15, -0.1) is 0 Å². The van der Waals surface area contributed by atoms with Crippen LogP contribution < -0.4 is 9.64 Å². The molecule has 0 saturated heterocycles. The highest BCUT2D eigenvalue weighted by molar-refractivity contribution is 7.76. The Labute approximate surface area is 267 Å². The average molecular weight is 643 g/mol. The largest absolute Gasteiger partial charge is 0.491 e. The Morgan fingerprint density at radius 1 is 1.07 bits per heavy atom. The molecule has 238 valence electrons. The molecule has 44 heavy (non-hydrogen) atoms. The maximum atomic E-state index is 13.5. The van der Waals surface area contributed by atoms with Gasteiger partial charge in [-0.2, -0.15) is 4.36 Å². The zero-order chi connectivity index (χ0) is 31.4. The topological polar surface area (TPSA) is 94.5 Å². The second-order valence-corrected chi connectivity index (χ2v) is 14.3. The summed E-state index contributed by atoms with van der Waals surface area (Å²) in [6.45, 7) is 6.90. The fraction of sp³-hybridized carbons (Fsp3) is 0.529. The summed E-state index contributed by atoms with van der Waals surface area (Å²) in [6, 6.07) is 11.5. The molecule has 1 fully saturated rings. The van der Waals surface area contributed by atoms with E-state index in [0.29, 0.717) is 24.6 Å². The third-order valence-corrected chi connectivity index (χ3v) is 11.2. The Balaban J connectivity index is 1.62. The van der Waals surface area contributed by atoms with E-state index in [-0.39, 0.29) is 17.9 Å². The molecule has 2 aromatic carbocycles. The van der Waals surface area contributed by atoms with Gasteiger partial charge in [0.05, 0.1) is 18.4 Å². The summed E-state index contributed by atoms with van der Waals surface area (Å²) in [6.07, 6.45) is 7.83. The van der Waals surface area contributed by atoms with Gasteiger partial charge in [0.25, 0.3) is 5.91 Å². The monoisotopic (exact) mass is 642 g/mol. The van der Waals surface area contributed by atoms with Crippen LogP contribution in [-0.2, 0) is 37.8 Å². The summed E-state index contributed by atoms with van der Waals surface area (Å²) in [4.78, 5) is 27.8. The first-order chi connectivity index (χ1) is 21.1. The van der Waals surface area contributed by atoms with E-state index in [2.05, 4.69) is 21.4 Å². The molecule has 0 spiro atoms. The molecule has 1 unspecified atom stereocenters. The second-order valence-electron chi connectivity index (χ2n) is 12.2. The fourth-order valence-corrected chi connectivity index (χ4v) is 7.68. The first-order valence-corrected chi connectivity index (χ1v) is 17.2. The molecule has 2 aromatic rings. The number of thiol groups is 1. The molecule has 5 rings (SSSR count). The van der Waals surface area contributed by atoms with Crippen molar-refractivity contribution in [3.05, 3.63) is 70.3 Å². The summed E-state index contributed by atoms with van der Waals surface area (Å²) in [5.41, 5.74) is 3.58. The number of carbonyl (C=O) groups excluding carboxylic acids is 2. The summed E-state index contributed by atoms with van der Waals surface area (Å²) in [5.74, 6) is -0.0331. The molecule has 0 N–H and O–H groups in total.